The third-order valence-electron chi connectivity index (χ3n) is 1.36. The van der Waals surface area contributed by atoms with Crippen LogP contribution in [0.1, 0.15) is 13.8 Å². The molecule has 0 spiro atoms. The standard InChI is InChI=1S/C7H14FN3/c1-5(8)6(2)11-4-7(9)10-3/h4-6H,1-3H3,(H2,9,10)/t5?,6-/m0/s1. The van der Waals surface area contributed by atoms with Crippen molar-refractivity contribution in [3.8, 4) is 0 Å². The molecule has 0 fully saturated rings. The maximum Gasteiger partial charge on any atom is 0.136 e. The first-order chi connectivity index (χ1) is 5.07. The summed E-state index contributed by atoms with van der Waals surface area (Å²) in [7, 11) is 1.56. The molecule has 0 bridgehead atoms. The summed E-state index contributed by atoms with van der Waals surface area (Å²) in [6, 6.07) is -0.352. The van der Waals surface area contributed by atoms with Gasteiger partial charge in [-0.1, -0.05) is 0 Å². The summed E-state index contributed by atoms with van der Waals surface area (Å²) in [5, 5.41) is 0. The van der Waals surface area contributed by atoms with Crippen LogP contribution in [0.2, 0.25) is 0 Å². The van der Waals surface area contributed by atoms with Gasteiger partial charge in [0.1, 0.15) is 12.0 Å². The van der Waals surface area contributed by atoms with Crippen LogP contribution in [0.15, 0.2) is 9.98 Å². The molecule has 0 aliphatic heterocycles. The number of halogens is 1. The fourth-order valence-electron chi connectivity index (χ4n) is 0.370. The van der Waals surface area contributed by atoms with Crippen molar-refractivity contribution in [3.63, 3.8) is 0 Å². The molecule has 0 saturated heterocycles. The van der Waals surface area contributed by atoms with Crippen LogP contribution in [-0.4, -0.2) is 31.3 Å². The Hall–Kier alpha value is -0.930. The van der Waals surface area contributed by atoms with Crippen LogP contribution in [0.5, 0.6) is 0 Å². The number of aliphatic imine (C=N–C) groups is 2. The van der Waals surface area contributed by atoms with E-state index in [-0.39, 0.29) is 6.04 Å². The van der Waals surface area contributed by atoms with Crippen LogP contribution < -0.4 is 5.73 Å². The highest BCUT2D eigenvalue weighted by molar-refractivity contribution is 6.28. The second-order valence-electron chi connectivity index (χ2n) is 2.34. The molecule has 0 heterocycles. The van der Waals surface area contributed by atoms with Crippen LogP contribution in [-0.2, 0) is 0 Å². The van der Waals surface area contributed by atoms with Gasteiger partial charge in [0.05, 0.1) is 12.3 Å². The highest BCUT2D eigenvalue weighted by Crippen LogP contribution is 1.99. The molecule has 0 rings (SSSR count). The van der Waals surface area contributed by atoms with Crippen molar-refractivity contribution >= 4 is 12.1 Å². The Morgan fingerprint density at radius 1 is 1.55 bits per heavy atom. The minimum atomic E-state index is -0.948. The van der Waals surface area contributed by atoms with Gasteiger partial charge in [-0.15, -0.1) is 0 Å². The second-order valence-corrected chi connectivity index (χ2v) is 2.34. The maximum atomic E-state index is 12.5. The Labute approximate surface area is 66.2 Å². The molecule has 3 nitrogen and oxygen atoms in total. The summed E-state index contributed by atoms with van der Waals surface area (Å²) in [6.07, 6.45) is 0.428. The molecule has 0 aromatic carbocycles. The van der Waals surface area contributed by atoms with Gasteiger partial charge < -0.3 is 5.73 Å². The largest absolute Gasteiger partial charge is 0.383 e. The molecular formula is C7H14FN3. The number of hydrogen-bond donors (Lipinski definition) is 1. The van der Waals surface area contributed by atoms with E-state index in [2.05, 4.69) is 9.98 Å². The van der Waals surface area contributed by atoms with E-state index in [0.717, 1.165) is 0 Å². The topological polar surface area (TPSA) is 50.7 Å². The molecule has 0 aromatic rings. The molecule has 0 aliphatic carbocycles. The molecule has 2 N–H and O–H groups in total. The predicted molar refractivity (Wildman–Crippen MR) is 46.1 cm³/mol. The molecule has 0 amide bonds. The fourth-order valence-corrected chi connectivity index (χ4v) is 0.370. The predicted octanol–water partition coefficient (Wildman–Crippen LogP) is 0.791. The number of alkyl halides is 1. The number of rotatable bonds is 3. The smallest absolute Gasteiger partial charge is 0.136 e. The van der Waals surface area contributed by atoms with Gasteiger partial charge in [-0.2, -0.15) is 0 Å². The average Bonchev–Trinajstić information content (AvgIpc) is 1.99. The monoisotopic (exact) mass is 159 g/mol. The van der Waals surface area contributed by atoms with Crippen molar-refractivity contribution in [2.75, 3.05) is 7.05 Å². The highest BCUT2D eigenvalue weighted by Gasteiger charge is 2.06. The van der Waals surface area contributed by atoms with Crippen LogP contribution in [0, 0.1) is 0 Å². The lowest BCUT2D eigenvalue weighted by molar-refractivity contribution is 0.319. The molecule has 0 radical (unpaired) electrons. The van der Waals surface area contributed by atoms with Crippen molar-refractivity contribution in [2.24, 2.45) is 15.7 Å². The molecule has 4 heteroatoms. The van der Waals surface area contributed by atoms with Gasteiger partial charge >= 0.3 is 0 Å². The van der Waals surface area contributed by atoms with Gasteiger partial charge in [0.25, 0.3) is 0 Å². The van der Waals surface area contributed by atoms with Crippen molar-refractivity contribution in [3.05, 3.63) is 0 Å². The first-order valence-corrected chi connectivity index (χ1v) is 3.47. The first-order valence-electron chi connectivity index (χ1n) is 3.47. The van der Waals surface area contributed by atoms with E-state index < -0.39 is 6.17 Å². The van der Waals surface area contributed by atoms with E-state index in [9.17, 15) is 4.39 Å². The second kappa shape index (κ2) is 4.82. The summed E-state index contributed by atoms with van der Waals surface area (Å²) in [4.78, 5) is 7.48. The molecule has 0 aliphatic rings. The van der Waals surface area contributed by atoms with Crippen molar-refractivity contribution in [2.45, 2.75) is 26.1 Å². The van der Waals surface area contributed by atoms with Crippen molar-refractivity contribution < 1.29 is 4.39 Å². The summed E-state index contributed by atoms with van der Waals surface area (Å²) in [5.41, 5.74) is 5.30. The summed E-state index contributed by atoms with van der Waals surface area (Å²) in [5.74, 6) is 0.317. The summed E-state index contributed by atoms with van der Waals surface area (Å²) < 4.78 is 12.5. The molecule has 0 saturated carbocycles. The van der Waals surface area contributed by atoms with Gasteiger partial charge in [0.15, 0.2) is 0 Å². The number of amidine groups is 1. The zero-order valence-corrected chi connectivity index (χ0v) is 7.08. The molecule has 64 valence electrons. The Morgan fingerprint density at radius 2 is 2.09 bits per heavy atom. The van der Waals surface area contributed by atoms with Crippen molar-refractivity contribution in [1.29, 1.82) is 0 Å². The van der Waals surface area contributed by atoms with Gasteiger partial charge in [0.2, 0.25) is 0 Å². The number of nitrogens with zero attached hydrogens (tertiary/aromatic N) is 2. The molecular weight excluding hydrogens is 145 g/mol. The summed E-state index contributed by atoms with van der Waals surface area (Å²) >= 11 is 0. The quantitative estimate of drug-likeness (QED) is 0.480. The Kier molecular flexibility index (Phi) is 4.41. The highest BCUT2D eigenvalue weighted by atomic mass is 19.1. The Morgan fingerprint density at radius 3 is 2.45 bits per heavy atom. The van der Waals surface area contributed by atoms with E-state index in [1.165, 1.54) is 13.1 Å². The zero-order chi connectivity index (χ0) is 8.85. The lowest BCUT2D eigenvalue weighted by Gasteiger charge is -2.05. The van der Waals surface area contributed by atoms with Gasteiger partial charge in [-0.3, -0.25) is 9.98 Å². The molecule has 11 heavy (non-hydrogen) atoms. The maximum absolute atomic E-state index is 12.5. The molecule has 2 atom stereocenters. The number of nitrogens with two attached hydrogens (primary N) is 1. The van der Waals surface area contributed by atoms with Crippen LogP contribution in [0.3, 0.4) is 0 Å². The van der Waals surface area contributed by atoms with Gasteiger partial charge in [-0.25, -0.2) is 4.39 Å². The van der Waals surface area contributed by atoms with E-state index in [4.69, 9.17) is 5.73 Å². The zero-order valence-electron chi connectivity index (χ0n) is 7.08. The lowest BCUT2D eigenvalue weighted by Crippen LogP contribution is -2.17. The lowest BCUT2D eigenvalue weighted by atomic mass is 10.2. The minimum Gasteiger partial charge on any atom is -0.383 e. The normalized spacial score (nSPS) is 18.7. The van der Waals surface area contributed by atoms with E-state index >= 15 is 0 Å². The summed E-state index contributed by atoms with van der Waals surface area (Å²) in [6.45, 7) is 3.14. The SMILES string of the molecule is CN=C(N)C=N[C@@H](C)C(C)F. The number of hydrogen-bond acceptors (Lipinski definition) is 2. The van der Waals surface area contributed by atoms with Gasteiger partial charge in [-0.05, 0) is 13.8 Å². The molecule has 1 unspecified atom stereocenters. The van der Waals surface area contributed by atoms with Crippen LogP contribution in [0.25, 0.3) is 0 Å². The van der Waals surface area contributed by atoms with Crippen LogP contribution >= 0.6 is 0 Å². The third kappa shape index (κ3) is 4.47. The van der Waals surface area contributed by atoms with E-state index in [0.29, 0.717) is 5.84 Å². The molecule has 0 aromatic heterocycles. The van der Waals surface area contributed by atoms with Crippen molar-refractivity contribution in [1.82, 2.24) is 0 Å². The van der Waals surface area contributed by atoms with Gasteiger partial charge in [0, 0.05) is 7.05 Å². The van der Waals surface area contributed by atoms with Crippen LogP contribution in [0.4, 0.5) is 4.39 Å². The average molecular weight is 159 g/mol. The fraction of sp³-hybridized carbons (Fsp3) is 0.714. The Balaban J connectivity index is 3.93. The Bertz CT molecular complexity index is 163. The minimum absolute atomic E-state index is 0.317. The first kappa shape index (κ1) is 10.1. The third-order valence-corrected chi connectivity index (χ3v) is 1.36. The van der Waals surface area contributed by atoms with E-state index in [1.54, 1.807) is 14.0 Å². The van der Waals surface area contributed by atoms with E-state index in [1.807, 2.05) is 0 Å².